The van der Waals surface area contributed by atoms with Crippen LogP contribution in [0.15, 0.2) is 9.08 Å². The van der Waals surface area contributed by atoms with Crippen molar-refractivity contribution in [3.8, 4) is 17.1 Å². The van der Waals surface area contributed by atoms with Crippen molar-refractivity contribution in [1.82, 2.24) is 15.0 Å². The Bertz CT molecular complexity index is 822. The van der Waals surface area contributed by atoms with E-state index in [-0.39, 0.29) is 12.0 Å². The van der Waals surface area contributed by atoms with Gasteiger partial charge in [-0.2, -0.15) is 0 Å². The van der Waals surface area contributed by atoms with E-state index in [1.165, 1.54) is 0 Å². The van der Waals surface area contributed by atoms with Crippen LogP contribution in [-0.2, 0) is 0 Å². The van der Waals surface area contributed by atoms with Crippen LogP contribution in [0.2, 0.25) is 0 Å². The SMILES string of the molecule is CCC(CC)Oc1nc(Br)c(-c2c(C)nc(C(C)C)c(Br)c2N)nc1NC. The van der Waals surface area contributed by atoms with Crippen LogP contribution >= 0.6 is 31.9 Å². The number of anilines is 2. The molecule has 2 aromatic rings. The largest absolute Gasteiger partial charge is 0.472 e. The van der Waals surface area contributed by atoms with Gasteiger partial charge in [-0.1, -0.05) is 27.7 Å². The molecule has 0 aliphatic heterocycles. The van der Waals surface area contributed by atoms with Crippen LogP contribution in [0, 0.1) is 6.92 Å². The average molecular weight is 501 g/mol. The first kappa shape index (κ1) is 21.9. The van der Waals surface area contributed by atoms with Gasteiger partial charge in [-0.15, -0.1) is 0 Å². The van der Waals surface area contributed by atoms with Crippen molar-refractivity contribution >= 4 is 43.4 Å². The number of pyridine rings is 1. The number of nitrogen functional groups attached to an aromatic ring is 1. The number of nitrogens with one attached hydrogen (secondary N) is 1. The molecule has 2 rings (SSSR count). The maximum atomic E-state index is 6.45. The second-order valence-corrected chi connectivity index (χ2v) is 8.21. The lowest BCUT2D eigenvalue weighted by molar-refractivity contribution is 0.185. The Balaban J connectivity index is 2.62. The first-order valence-corrected chi connectivity index (χ1v) is 10.7. The number of ether oxygens (including phenoxy) is 1. The minimum absolute atomic E-state index is 0.0945. The zero-order chi connectivity index (χ0) is 20.3. The molecule has 2 heterocycles. The van der Waals surface area contributed by atoms with E-state index in [1.807, 2.05) is 6.92 Å². The molecule has 0 aromatic carbocycles. The van der Waals surface area contributed by atoms with Crippen molar-refractivity contribution in [1.29, 1.82) is 0 Å². The molecule has 6 nitrogen and oxygen atoms in total. The maximum Gasteiger partial charge on any atom is 0.258 e. The number of nitrogens with two attached hydrogens (primary N) is 1. The van der Waals surface area contributed by atoms with Crippen molar-refractivity contribution < 1.29 is 4.74 Å². The summed E-state index contributed by atoms with van der Waals surface area (Å²) in [6, 6.07) is 0. The molecule has 0 atom stereocenters. The lowest BCUT2D eigenvalue weighted by Crippen LogP contribution is -2.16. The highest BCUT2D eigenvalue weighted by molar-refractivity contribution is 9.11. The summed E-state index contributed by atoms with van der Waals surface area (Å²) in [5.41, 5.74) is 10.2. The minimum atomic E-state index is 0.0945. The number of nitrogens with zero attached hydrogens (tertiary/aromatic N) is 3. The molecule has 0 radical (unpaired) electrons. The number of aryl methyl sites for hydroxylation is 1. The highest BCUT2D eigenvalue weighted by atomic mass is 79.9. The molecule has 0 fully saturated rings. The molecule has 0 amide bonds. The Morgan fingerprint density at radius 1 is 1.11 bits per heavy atom. The van der Waals surface area contributed by atoms with Gasteiger partial charge in [0.2, 0.25) is 0 Å². The first-order valence-electron chi connectivity index (χ1n) is 9.12. The molecular weight excluding hydrogens is 474 g/mol. The van der Waals surface area contributed by atoms with Gasteiger partial charge in [0.15, 0.2) is 5.82 Å². The molecule has 0 aliphatic carbocycles. The fourth-order valence-electron chi connectivity index (χ4n) is 2.83. The molecule has 27 heavy (non-hydrogen) atoms. The summed E-state index contributed by atoms with van der Waals surface area (Å²) in [6.07, 6.45) is 1.90. The Labute approximate surface area is 178 Å². The third-order valence-electron chi connectivity index (χ3n) is 4.41. The molecule has 3 N–H and O–H groups in total. The van der Waals surface area contributed by atoms with Gasteiger partial charge in [0, 0.05) is 18.3 Å². The fourth-order valence-corrected chi connectivity index (χ4v) is 4.02. The van der Waals surface area contributed by atoms with Crippen LogP contribution < -0.4 is 15.8 Å². The number of rotatable bonds is 7. The molecule has 0 saturated carbocycles. The summed E-state index contributed by atoms with van der Waals surface area (Å²) in [6.45, 7) is 10.3. The standard InChI is InChI=1S/C19H27Br2N5O/c1-7-11(8-2)27-19-18(23-6)25-16(17(21)26-19)12-10(5)24-15(9(3)4)13(20)14(12)22/h9,11H,7-8H2,1-6H3,(H2,22,24)(H,23,25). The summed E-state index contributed by atoms with van der Waals surface area (Å²) < 4.78 is 7.39. The van der Waals surface area contributed by atoms with E-state index >= 15 is 0 Å². The van der Waals surface area contributed by atoms with Crippen LogP contribution in [-0.4, -0.2) is 28.1 Å². The predicted octanol–water partition coefficient (Wildman–Crippen LogP) is 5.69. The van der Waals surface area contributed by atoms with Gasteiger partial charge >= 0.3 is 0 Å². The fraction of sp³-hybridized carbons (Fsp3) is 0.526. The number of halogens is 2. The Hall–Kier alpha value is -1.41. The zero-order valence-corrected chi connectivity index (χ0v) is 19.8. The van der Waals surface area contributed by atoms with E-state index in [0.717, 1.165) is 34.3 Å². The average Bonchev–Trinajstić information content (AvgIpc) is 2.63. The molecule has 0 spiro atoms. The van der Waals surface area contributed by atoms with Gasteiger partial charge in [0.05, 0.1) is 15.9 Å². The quantitative estimate of drug-likeness (QED) is 0.508. The lowest BCUT2D eigenvalue weighted by atomic mass is 10.0. The van der Waals surface area contributed by atoms with E-state index in [0.29, 0.717) is 27.7 Å². The van der Waals surface area contributed by atoms with Gasteiger partial charge in [-0.3, -0.25) is 4.98 Å². The van der Waals surface area contributed by atoms with Crippen LogP contribution in [0.1, 0.15) is 57.8 Å². The van der Waals surface area contributed by atoms with Crippen molar-refractivity contribution in [2.75, 3.05) is 18.1 Å². The van der Waals surface area contributed by atoms with Crippen molar-refractivity contribution in [3.05, 3.63) is 20.5 Å². The zero-order valence-electron chi connectivity index (χ0n) is 16.7. The van der Waals surface area contributed by atoms with E-state index in [4.69, 9.17) is 20.4 Å². The van der Waals surface area contributed by atoms with Gasteiger partial charge in [0.1, 0.15) is 16.4 Å². The number of aromatic nitrogens is 3. The second kappa shape index (κ2) is 9.19. The van der Waals surface area contributed by atoms with Gasteiger partial charge in [-0.25, -0.2) is 9.97 Å². The third kappa shape index (κ3) is 4.54. The van der Waals surface area contributed by atoms with E-state index in [1.54, 1.807) is 7.05 Å². The summed E-state index contributed by atoms with van der Waals surface area (Å²) in [5.74, 6) is 1.31. The monoisotopic (exact) mass is 499 g/mol. The van der Waals surface area contributed by atoms with E-state index in [9.17, 15) is 0 Å². The number of hydrogen-bond donors (Lipinski definition) is 2. The second-order valence-electron chi connectivity index (χ2n) is 6.66. The Morgan fingerprint density at radius 2 is 1.74 bits per heavy atom. The summed E-state index contributed by atoms with van der Waals surface area (Å²) >= 11 is 7.14. The molecule has 8 heteroatoms. The third-order valence-corrected chi connectivity index (χ3v) is 5.80. The van der Waals surface area contributed by atoms with Crippen LogP contribution in [0.4, 0.5) is 11.5 Å². The van der Waals surface area contributed by atoms with Gasteiger partial charge in [-0.05, 0) is 57.5 Å². The van der Waals surface area contributed by atoms with E-state index in [2.05, 4.69) is 69.9 Å². The number of hydrogen-bond acceptors (Lipinski definition) is 6. The first-order chi connectivity index (χ1) is 12.7. The maximum absolute atomic E-state index is 6.45. The smallest absolute Gasteiger partial charge is 0.258 e. The van der Waals surface area contributed by atoms with Crippen molar-refractivity contribution in [2.24, 2.45) is 0 Å². The molecule has 0 saturated heterocycles. The summed E-state index contributed by atoms with van der Waals surface area (Å²) in [5, 5.41) is 3.08. The molecular formula is C19H27Br2N5O. The topological polar surface area (TPSA) is 86.0 Å². The van der Waals surface area contributed by atoms with Crippen molar-refractivity contribution in [3.63, 3.8) is 0 Å². The molecule has 148 valence electrons. The molecule has 2 aromatic heterocycles. The minimum Gasteiger partial charge on any atom is -0.472 e. The van der Waals surface area contributed by atoms with Crippen LogP contribution in [0.5, 0.6) is 5.88 Å². The summed E-state index contributed by atoms with van der Waals surface area (Å²) in [7, 11) is 1.80. The van der Waals surface area contributed by atoms with Crippen LogP contribution in [0.3, 0.4) is 0 Å². The lowest BCUT2D eigenvalue weighted by Gasteiger charge is -2.20. The molecule has 0 aliphatic rings. The molecule has 0 unspecified atom stereocenters. The molecule has 0 bridgehead atoms. The Morgan fingerprint density at radius 3 is 2.26 bits per heavy atom. The summed E-state index contributed by atoms with van der Waals surface area (Å²) in [4.78, 5) is 14.1. The normalized spacial score (nSPS) is 11.3. The predicted molar refractivity (Wildman–Crippen MR) is 118 cm³/mol. The van der Waals surface area contributed by atoms with E-state index < -0.39 is 0 Å². The highest BCUT2D eigenvalue weighted by Gasteiger charge is 2.23. The highest BCUT2D eigenvalue weighted by Crippen LogP contribution is 2.41. The van der Waals surface area contributed by atoms with Crippen molar-refractivity contribution in [2.45, 2.75) is 59.5 Å². The Kier molecular flexibility index (Phi) is 7.45. The van der Waals surface area contributed by atoms with Crippen LogP contribution in [0.25, 0.3) is 11.3 Å². The van der Waals surface area contributed by atoms with Gasteiger partial charge < -0.3 is 15.8 Å². The van der Waals surface area contributed by atoms with Gasteiger partial charge in [0.25, 0.3) is 5.88 Å².